The third-order valence-corrected chi connectivity index (χ3v) is 4.08. The number of fused-ring (bicyclic) bond motifs is 1. The lowest BCUT2D eigenvalue weighted by Crippen LogP contribution is -2.16. The van der Waals surface area contributed by atoms with Gasteiger partial charge in [-0.3, -0.25) is 4.79 Å². The molecule has 1 amide bonds. The number of hydrogen-bond acceptors (Lipinski definition) is 2. The van der Waals surface area contributed by atoms with Crippen molar-refractivity contribution in [3.8, 4) is 0 Å². The molecule has 0 spiro atoms. The third kappa shape index (κ3) is 3.32. The molecular formula is C18H18ClN3O. The summed E-state index contributed by atoms with van der Waals surface area (Å²) in [6, 6.07) is 15.1. The van der Waals surface area contributed by atoms with Crippen LogP contribution >= 0.6 is 11.6 Å². The van der Waals surface area contributed by atoms with Gasteiger partial charge in [0.1, 0.15) is 5.69 Å². The lowest BCUT2D eigenvalue weighted by molar-refractivity contribution is 0.102. The first-order valence-electron chi connectivity index (χ1n) is 7.47. The molecule has 5 heteroatoms. The summed E-state index contributed by atoms with van der Waals surface area (Å²) in [4.78, 5) is 17.6. The summed E-state index contributed by atoms with van der Waals surface area (Å²) in [5.41, 5.74) is 3.19. The second-order valence-electron chi connectivity index (χ2n) is 5.43. The van der Waals surface area contributed by atoms with E-state index in [1.165, 1.54) is 0 Å². The Balaban J connectivity index is 1.83. The van der Waals surface area contributed by atoms with E-state index in [0.29, 0.717) is 10.7 Å². The second-order valence-corrected chi connectivity index (χ2v) is 5.87. The second kappa shape index (κ2) is 6.34. The molecule has 0 saturated heterocycles. The summed E-state index contributed by atoms with van der Waals surface area (Å²) in [5.74, 6) is -0.173. The molecule has 0 atom stereocenters. The van der Waals surface area contributed by atoms with E-state index in [9.17, 15) is 4.79 Å². The van der Waals surface area contributed by atoms with Gasteiger partial charge in [0.2, 0.25) is 0 Å². The highest BCUT2D eigenvalue weighted by atomic mass is 35.5. The fourth-order valence-electron chi connectivity index (χ4n) is 2.42. The maximum Gasteiger partial charge on any atom is 0.272 e. The van der Waals surface area contributed by atoms with Gasteiger partial charge in [0, 0.05) is 40.9 Å². The summed E-state index contributed by atoms with van der Waals surface area (Å²) < 4.78 is 0. The molecule has 0 aliphatic rings. The Morgan fingerprint density at radius 1 is 1.22 bits per heavy atom. The Morgan fingerprint density at radius 3 is 2.83 bits per heavy atom. The summed E-state index contributed by atoms with van der Waals surface area (Å²) >= 11 is 5.97. The predicted molar refractivity (Wildman–Crippen MR) is 96.6 cm³/mol. The first-order valence-corrected chi connectivity index (χ1v) is 7.85. The van der Waals surface area contributed by atoms with Crippen molar-refractivity contribution in [3.05, 3.63) is 59.2 Å². The van der Waals surface area contributed by atoms with Crippen molar-refractivity contribution >= 4 is 39.8 Å². The molecule has 1 aromatic heterocycles. The highest BCUT2D eigenvalue weighted by Crippen LogP contribution is 2.22. The minimum absolute atomic E-state index is 0.173. The Bertz CT molecular complexity index is 856. The number of hydrogen-bond donors (Lipinski definition) is 2. The Hall–Kier alpha value is -2.46. The third-order valence-electron chi connectivity index (χ3n) is 3.85. The van der Waals surface area contributed by atoms with E-state index in [1.54, 1.807) is 0 Å². The molecule has 0 radical (unpaired) electrons. The van der Waals surface area contributed by atoms with Crippen LogP contribution in [0.25, 0.3) is 10.9 Å². The Morgan fingerprint density at radius 2 is 2.04 bits per heavy atom. The van der Waals surface area contributed by atoms with Crippen LogP contribution < -0.4 is 10.2 Å². The fourth-order valence-corrected chi connectivity index (χ4v) is 2.60. The van der Waals surface area contributed by atoms with Gasteiger partial charge in [0.25, 0.3) is 5.91 Å². The number of amides is 1. The van der Waals surface area contributed by atoms with Crippen LogP contribution in [0.2, 0.25) is 5.02 Å². The standard InChI is InChI=1S/C18H18ClN3O/c1-3-22(2)15-6-4-5-14(11-15)20-18(23)17-9-12-7-8-13(19)10-16(12)21-17/h4-11,21H,3H2,1-2H3,(H,20,23). The first kappa shape index (κ1) is 15.4. The van der Waals surface area contributed by atoms with E-state index in [-0.39, 0.29) is 5.91 Å². The van der Waals surface area contributed by atoms with Crippen LogP contribution in [0.5, 0.6) is 0 Å². The van der Waals surface area contributed by atoms with Crippen LogP contribution in [0, 0.1) is 0 Å². The number of aromatic nitrogens is 1. The minimum Gasteiger partial charge on any atom is -0.375 e. The number of carbonyl (C=O) groups is 1. The topological polar surface area (TPSA) is 48.1 Å². The molecule has 2 N–H and O–H groups in total. The minimum atomic E-state index is -0.173. The molecule has 0 bridgehead atoms. The molecule has 4 nitrogen and oxygen atoms in total. The van der Waals surface area contributed by atoms with Crippen molar-refractivity contribution in [1.29, 1.82) is 0 Å². The monoisotopic (exact) mass is 327 g/mol. The van der Waals surface area contributed by atoms with Gasteiger partial charge in [-0.1, -0.05) is 23.7 Å². The molecule has 3 aromatic rings. The molecule has 1 heterocycles. The number of anilines is 2. The van der Waals surface area contributed by atoms with Crippen LogP contribution in [0.1, 0.15) is 17.4 Å². The van der Waals surface area contributed by atoms with Crippen molar-refractivity contribution in [2.75, 3.05) is 23.8 Å². The lowest BCUT2D eigenvalue weighted by atomic mass is 10.2. The molecule has 23 heavy (non-hydrogen) atoms. The molecular weight excluding hydrogens is 310 g/mol. The smallest absolute Gasteiger partial charge is 0.272 e. The van der Waals surface area contributed by atoms with Crippen LogP contribution in [0.3, 0.4) is 0 Å². The van der Waals surface area contributed by atoms with Gasteiger partial charge in [-0.15, -0.1) is 0 Å². The number of benzene rings is 2. The van der Waals surface area contributed by atoms with Crippen LogP contribution in [-0.4, -0.2) is 24.5 Å². The predicted octanol–water partition coefficient (Wildman–Crippen LogP) is 4.53. The average Bonchev–Trinajstić information content (AvgIpc) is 2.97. The number of aromatic amines is 1. The zero-order chi connectivity index (χ0) is 16.4. The van der Waals surface area contributed by atoms with Gasteiger partial charge in [-0.2, -0.15) is 0 Å². The van der Waals surface area contributed by atoms with Crippen molar-refractivity contribution in [2.45, 2.75) is 6.92 Å². The van der Waals surface area contributed by atoms with Crippen LogP contribution in [-0.2, 0) is 0 Å². The van der Waals surface area contributed by atoms with E-state index < -0.39 is 0 Å². The lowest BCUT2D eigenvalue weighted by Gasteiger charge is -2.17. The van der Waals surface area contributed by atoms with E-state index in [1.807, 2.05) is 55.6 Å². The van der Waals surface area contributed by atoms with Crippen molar-refractivity contribution < 1.29 is 4.79 Å². The zero-order valence-corrected chi connectivity index (χ0v) is 13.8. The molecule has 0 aliphatic carbocycles. The van der Waals surface area contributed by atoms with Gasteiger partial charge < -0.3 is 15.2 Å². The van der Waals surface area contributed by atoms with E-state index in [2.05, 4.69) is 22.1 Å². The number of nitrogens with one attached hydrogen (secondary N) is 2. The van der Waals surface area contributed by atoms with E-state index in [0.717, 1.165) is 28.8 Å². The largest absolute Gasteiger partial charge is 0.375 e. The molecule has 0 fully saturated rings. The maximum atomic E-state index is 12.4. The van der Waals surface area contributed by atoms with Crippen LogP contribution in [0.4, 0.5) is 11.4 Å². The van der Waals surface area contributed by atoms with Gasteiger partial charge in [0.05, 0.1) is 0 Å². The highest BCUT2D eigenvalue weighted by Gasteiger charge is 2.10. The quantitative estimate of drug-likeness (QED) is 0.739. The SMILES string of the molecule is CCN(C)c1cccc(NC(=O)c2cc3ccc(Cl)cc3[nH]2)c1. The molecule has 0 saturated carbocycles. The highest BCUT2D eigenvalue weighted by molar-refractivity contribution is 6.31. The molecule has 118 valence electrons. The number of H-pyrrole nitrogens is 1. The first-order chi connectivity index (χ1) is 11.1. The molecule has 0 unspecified atom stereocenters. The average molecular weight is 328 g/mol. The summed E-state index contributed by atoms with van der Waals surface area (Å²) in [6.45, 7) is 2.99. The van der Waals surface area contributed by atoms with Gasteiger partial charge in [-0.25, -0.2) is 0 Å². The summed E-state index contributed by atoms with van der Waals surface area (Å²) in [5, 5.41) is 4.52. The summed E-state index contributed by atoms with van der Waals surface area (Å²) in [7, 11) is 2.02. The normalized spacial score (nSPS) is 10.7. The van der Waals surface area contributed by atoms with Gasteiger partial charge >= 0.3 is 0 Å². The molecule has 0 aliphatic heterocycles. The summed E-state index contributed by atoms with van der Waals surface area (Å²) in [6.07, 6.45) is 0. The maximum absolute atomic E-state index is 12.4. The van der Waals surface area contributed by atoms with Crippen molar-refractivity contribution in [1.82, 2.24) is 4.98 Å². The van der Waals surface area contributed by atoms with E-state index in [4.69, 9.17) is 11.6 Å². The molecule has 2 aromatic carbocycles. The number of nitrogens with zero attached hydrogens (tertiary/aromatic N) is 1. The fraction of sp³-hybridized carbons (Fsp3) is 0.167. The number of halogens is 1. The number of carbonyl (C=O) groups excluding carboxylic acids is 1. The number of rotatable bonds is 4. The Kier molecular flexibility index (Phi) is 4.26. The molecule has 3 rings (SSSR count). The van der Waals surface area contributed by atoms with E-state index >= 15 is 0 Å². The van der Waals surface area contributed by atoms with Crippen molar-refractivity contribution in [2.24, 2.45) is 0 Å². The Labute approximate surface area is 140 Å². The van der Waals surface area contributed by atoms with Gasteiger partial charge in [0.15, 0.2) is 0 Å². The van der Waals surface area contributed by atoms with Crippen molar-refractivity contribution in [3.63, 3.8) is 0 Å². The van der Waals surface area contributed by atoms with Gasteiger partial charge in [-0.05, 0) is 43.3 Å². The zero-order valence-electron chi connectivity index (χ0n) is 13.1. The van der Waals surface area contributed by atoms with Crippen LogP contribution in [0.15, 0.2) is 48.5 Å².